The molecule has 166 valence electrons. The van der Waals surface area contributed by atoms with Crippen molar-refractivity contribution in [2.24, 2.45) is 0 Å². The Morgan fingerprint density at radius 3 is 2.59 bits per heavy atom. The molecule has 0 amide bonds. The van der Waals surface area contributed by atoms with Crippen LogP contribution < -0.4 is 0 Å². The Morgan fingerprint density at radius 1 is 0.969 bits per heavy atom. The van der Waals surface area contributed by atoms with E-state index >= 15 is 0 Å². The summed E-state index contributed by atoms with van der Waals surface area (Å²) in [7, 11) is -3.72. The number of sulfonamides is 1. The molecule has 0 saturated carbocycles. The molecule has 0 saturated heterocycles. The van der Waals surface area contributed by atoms with E-state index in [2.05, 4.69) is 35.5 Å². The molecule has 2 aromatic carbocycles. The van der Waals surface area contributed by atoms with Crippen LogP contribution in [0, 0.1) is 6.92 Å². The third kappa shape index (κ3) is 4.61. The zero-order valence-electron chi connectivity index (χ0n) is 18.6. The summed E-state index contributed by atoms with van der Waals surface area (Å²) in [6, 6.07) is 21.3. The molecule has 0 aliphatic heterocycles. The number of nitrogens with zero attached hydrogens (tertiary/aromatic N) is 3. The van der Waals surface area contributed by atoms with E-state index in [4.69, 9.17) is 0 Å². The van der Waals surface area contributed by atoms with Crippen LogP contribution in [0.15, 0.2) is 84.0 Å². The van der Waals surface area contributed by atoms with Gasteiger partial charge in [-0.1, -0.05) is 55.8 Å². The standard InChI is InChI=1S/C26H29N3O2S/c1-3-4-18-29(32(30,31)25-15-7-12-22-13-8-16-27-26(22)25)20-24-14-9-17-28(24)19-23-11-6-5-10-21(23)2/h5-17H,3-4,18-20H2,1-2H3. The number of benzene rings is 2. The lowest BCUT2D eigenvalue weighted by atomic mass is 10.1. The van der Waals surface area contributed by atoms with Crippen LogP contribution in [0.25, 0.3) is 10.9 Å². The van der Waals surface area contributed by atoms with Crippen LogP contribution in [0.1, 0.15) is 36.6 Å². The van der Waals surface area contributed by atoms with Gasteiger partial charge in [-0.3, -0.25) is 4.98 Å². The zero-order chi connectivity index (χ0) is 22.6. The molecule has 5 nitrogen and oxygen atoms in total. The second-order valence-corrected chi connectivity index (χ2v) is 9.98. The molecule has 2 heterocycles. The second-order valence-electron chi connectivity index (χ2n) is 8.08. The molecular formula is C26H29N3O2S. The summed E-state index contributed by atoms with van der Waals surface area (Å²) in [5, 5.41) is 0.826. The molecule has 0 N–H and O–H groups in total. The van der Waals surface area contributed by atoms with E-state index in [1.54, 1.807) is 22.6 Å². The van der Waals surface area contributed by atoms with Gasteiger partial charge in [-0.15, -0.1) is 0 Å². The van der Waals surface area contributed by atoms with E-state index in [-0.39, 0.29) is 4.90 Å². The van der Waals surface area contributed by atoms with Gasteiger partial charge in [0.1, 0.15) is 4.90 Å². The molecule has 4 rings (SSSR count). The van der Waals surface area contributed by atoms with E-state index in [9.17, 15) is 8.42 Å². The van der Waals surface area contributed by atoms with Crippen LogP contribution >= 0.6 is 0 Å². The Bertz CT molecular complexity index is 1310. The van der Waals surface area contributed by atoms with Crippen LogP contribution in [-0.4, -0.2) is 28.8 Å². The number of aryl methyl sites for hydroxylation is 1. The summed E-state index contributed by atoms with van der Waals surface area (Å²) < 4.78 is 31.3. The third-order valence-corrected chi connectivity index (χ3v) is 7.72. The Balaban J connectivity index is 1.68. The predicted octanol–water partition coefficient (Wildman–Crippen LogP) is 5.38. The van der Waals surface area contributed by atoms with Gasteiger partial charge in [-0.05, 0) is 48.7 Å². The quantitative estimate of drug-likeness (QED) is 0.346. The lowest BCUT2D eigenvalue weighted by molar-refractivity contribution is 0.389. The maximum atomic E-state index is 13.8. The van der Waals surface area contributed by atoms with Gasteiger partial charge in [0.2, 0.25) is 10.0 Å². The lowest BCUT2D eigenvalue weighted by Gasteiger charge is -2.23. The van der Waals surface area contributed by atoms with Crippen molar-refractivity contribution in [1.29, 1.82) is 0 Å². The van der Waals surface area contributed by atoms with Crippen molar-refractivity contribution in [2.45, 2.75) is 44.7 Å². The van der Waals surface area contributed by atoms with Crippen LogP contribution in [0.2, 0.25) is 0 Å². The fraction of sp³-hybridized carbons (Fsp3) is 0.269. The molecule has 0 bridgehead atoms. The van der Waals surface area contributed by atoms with Crippen molar-refractivity contribution in [3.63, 3.8) is 0 Å². The molecule has 0 atom stereocenters. The second kappa shape index (κ2) is 9.67. The summed E-state index contributed by atoms with van der Waals surface area (Å²) in [5.74, 6) is 0. The first-order valence-electron chi connectivity index (χ1n) is 11.0. The van der Waals surface area contributed by atoms with Gasteiger partial charge >= 0.3 is 0 Å². The van der Waals surface area contributed by atoms with Gasteiger partial charge < -0.3 is 4.57 Å². The minimum atomic E-state index is -3.72. The van der Waals surface area contributed by atoms with Crippen molar-refractivity contribution in [2.75, 3.05) is 6.54 Å². The van der Waals surface area contributed by atoms with Crippen molar-refractivity contribution < 1.29 is 8.42 Å². The third-order valence-electron chi connectivity index (χ3n) is 5.84. The van der Waals surface area contributed by atoms with Crippen molar-refractivity contribution in [3.8, 4) is 0 Å². The molecule has 2 aromatic heterocycles. The Morgan fingerprint density at radius 2 is 1.78 bits per heavy atom. The smallest absolute Gasteiger partial charge is 0.245 e. The van der Waals surface area contributed by atoms with Crippen LogP contribution in [-0.2, 0) is 23.1 Å². The molecule has 0 spiro atoms. The predicted molar refractivity (Wildman–Crippen MR) is 129 cm³/mol. The maximum absolute atomic E-state index is 13.8. The number of hydrogen-bond acceptors (Lipinski definition) is 3. The SMILES string of the molecule is CCCCN(Cc1cccn1Cc1ccccc1C)S(=O)(=O)c1cccc2cccnc12. The molecular weight excluding hydrogens is 418 g/mol. The van der Waals surface area contributed by atoms with Gasteiger partial charge in [0.15, 0.2) is 0 Å². The lowest BCUT2D eigenvalue weighted by Crippen LogP contribution is -2.32. The highest BCUT2D eigenvalue weighted by molar-refractivity contribution is 7.89. The normalized spacial score (nSPS) is 12.0. The van der Waals surface area contributed by atoms with Crippen molar-refractivity contribution in [1.82, 2.24) is 13.9 Å². The van der Waals surface area contributed by atoms with Gasteiger partial charge in [-0.2, -0.15) is 4.31 Å². The summed E-state index contributed by atoms with van der Waals surface area (Å²) in [6.07, 6.45) is 5.39. The largest absolute Gasteiger partial charge is 0.346 e. The fourth-order valence-electron chi connectivity index (χ4n) is 3.94. The van der Waals surface area contributed by atoms with Gasteiger partial charge in [-0.25, -0.2) is 8.42 Å². The number of pyridine rings is 1. The van der Waals surface area contributed by atoms with Gasteiger partial charge in [0.05, 0.1) is 12.1 Å². The fourth-order valence-corrected chi connectivity index (χ4v) is 5.56. The minimum Gasteiger partial charge on any atom is -0.346 e. The molecule has 32 heavy (non-hydrogen) atoms. The van der Waals surface area contributed by atoms with Crippen LogP contribution in [0.3, 0.4) is 0 Å². The highest BCUT2D eigenvalue weighted by Crippen LogP contribution is 2.26. The molecule has 0 unspecified atom stereocenters. The van der Waals surface area contributed by atoms with Crippen molar-refractivity contribution >= 4 is 20.9 Å². The maximum Gasteiger partial charge on any atom is 0.245 e. The van der Waals surface area contributed by atoms with E-state index in [1.165, 1.54) is 11.1 Å². The van der Waals surface area contributed by atoms with Gasteiger partial charge in [0, 0.05) is 36.6 Å². The van der Waals surface area contributed by atoms with Crippen LogP contribution in [0.5, 0.6) is 0 Å². The Kier molecular flexibility index (Phi) is 6.72. The number of para-hydroxylation sites is 1. The van der Waals surface area contributed by atoms with E-state index in [1.807, 2.05) is 48.7 Å². The Labute approximate surface area is 190 Å². The van der Waals surface area contributed by atoms with E-state index < -0.39 is 10.0 Å². The average molecular weight is 448 g/mol. The summed E-state index contributed by atoms with van der Waals surface area (Å²) >= 11 is 0. The molecule has 0 aliphatic carbocycles. The average Bonchev–Trinajstić information content (AvgIpc) is 3.24. The molecule has 0 radical (unpaired) electrons. The van der Waals surface area contributed by atoms with Gasteiger partial charge in [0.25, 0.3) is 0 Å². The van der Waals surface area contributed by atoms with Crippen LogP contribution in [0.4, 0.5) is 0 Å². The first kappa shape index (κ1) is 22.2. The molecule has 6 heteroatoms. The molecule has 4 aromatic rings. The number of unbranched alkanes of at least 4 members (excludes halogenated alkanes) is 1. The monoisotopic (exact) mass is 447 g/mol. The molecule has 0 aliphatic rings. The first-order chi connectivity index (χ1) is 15.5. The van der Waals surface area contributed by atoms with Crippen molar-refractivity contribution in [3.05, 3.63) is 95.9 Å². The summed E-state index contributed by atoms with van der Waals surface area (Å²) in [5.41, 5.74) is 3.95. The first-order valence-corrected chi connectivity index (χ1v) is 12.5. The number of fused-ring (bicyclic) bond motifs is 1. The number of hydrogen-bond donors (Lipinski definition) is 0. The highest BCUT2D eigenvalue weighted by atomic mass is 32.2. The Hall–Kier alpha value is -2.96. The number of aromatic nitrogens is 2. The molecule has 0 fully saturated rings. The van der Waals surface area contributed by atoms with E-state index in [0.29, 0.717) is 25.2 Å². The zero-order valence-corrected chi connectivity index (χ0v) is 19.4. The van der Waals surface area contributed by atoms with E-state index in [0.717, 1.165) is 23.9 Å². The number of rotatable bonds is 9. The summed E-state index contributed by atoms with van der Waals surface area (Å²) in [6.45, 7) is 5.68. The highest BCUT2D eigenvalue weighted by Gasteiger charge is 2.27. The minimum absolute atomic E-state index is 0.267. The summed E-state index contributed by atoms with van der Waals surface area (Å²) in [4.78, 5) is 4.65. The topological polar surface area (TPSA) is 55.2 Å².